The van der Waals surface area contributed by atoms with Crippen LogP contribution < -0.4 is 4.90 Å². The van der Waals surface area contributed by atoms with E-state index < -0.39 is 0 Å². The maximum absolute atomic E-state index is 13.3. The summed E-state index contributed by atoms with van der Waals surface area (Å²) in [6.45, 7) is 8.71. The number of carbonyl (C=O) groups excluding carboxylic acids is 2. The first-order valence-electron chi connectivity index (χ1n) is 9.49. The Kier molecular flexibility index (Phi) is 7.55. The van der Waals surface area contributed by atoms with Gasteiger partial charge in [0.15, 0.2) is 5.12 Å². The molecule has 138 valence electrons. The third kappa shape index (κ3) is 5.88. The lowest BCUT2D eigenvalue weighted by molar-refractivity contribution is -0.123. The van der Waals surface area contributed by atoms with E-state index in [-0.39, 0.29) is 16.9 Å². The van der Waals surface area contributed by atoms with Crippen molar-refractivity contribution in [2.24, 2.45) is 11.8 Å². The van der Waals surface area contributed by atoms with Gasteiger partial charge in [-0.15, -0.1) is 0 Å². The second-order valence-corrected chi connectivity index (χ2v) is 8.79. The number of amides is 1. The van der Waals surface area contributed by atoms with Crippen molar-refractivity contribution in [3.05, 3.63) is 23.8 Å². The van der Waals surface area contributed by atoms with Crippen molar-refractivity contribution < 1.29 is 9.59 Å². The number of benzene rings is 1. The minimum Gasteiger partial charge on any atom is -0.311 e. The average Bonchev–Trinajstić information content (AvgIpc) is 2.57. The van der Waals surface area contributed by atoms with Gasteiger partial charge in [-0.2, -0.15) is 0 Å². The van der Waals surface area contributed by atoms with Gasteiger partial charge in [0.05, 0.1) is 5.69 Å². The summed E-state index contributed by atoms with van der Waals surface area (Å²) in [5.41, 5.74) is 2.03. The Labute approximate surface area is 156 Å². The first-order valence-corrected chi connectivity index (χ1v) is 10.3. The molecule has 0 bridgehead atoms. The van der Waals surface area contributed by atoms with Crippen LogP contribution in [0.3, 0.4) is 0 Å². The van der Waals surface area contributed by atoms with Gasteiger partial charge < -0.3 is 4.90 Å². The van der Waals surface area contributed by atoms with Crippen LogP contribution in [0.2, 0.25) is 0 Å². The lowest BCUT2D eigenvalue weighted by atomic mass is 9.88. The van der Waals surface area contributed by atoms with E-state index in [2.05, 4.69) is 19.9 Å². The number of hydrogen-bond acceptors (Lipinski definition) is 3. The first-order chi connectivity index (χ1) is 11.9. The summed E-state index contributed by atoms with van der Waals surface area (Å²) in [7, 11) is 0. The van der Waals surface area contributed by atoms with Gasteiger partial charge in [-0.1, -0.05) is 50.9 Å². The van der Waals surface area contributed by atoms with Gasteiger partial charge in [0, 0.05) is 24.3 Å². The van der Waals surface area contributed by atoms with Crippen LogP contribution >= 0.6 is 11.8 Å². The number of nitrogens with zero attached hydrogens (tertiary/aromatic N) is 1. The summed E-state index contributed by atoms with van der Waals surface area (Å²) < 4.78 is 0. The average molecular weight is 362 g/mol. The van der Waals surface area contributed by atoms with Crippen molar-refractivity contribution in [3.8, 4) is 0 Å². The van der Waals surface area contributed by atoms with Gasteiger partial charge in [0.2, 0.25) is 5.91 Å². The molecule has 0 heterocycles. The van der Waals surface area contributed by atoms with Crippen molar-refractivity contribution in [2.75, 3.05) is 11.4 Å². The Morgan fingerprint density at radius 1 is 1.20 bits per heavy atom. The predicted octanol–water partition coefficient (Wildman–Crippen LogP) is 5.59. The lowest BCUT2D eigenvalue weighted by Gasteiger charge is -2.31. The quantitative estimate of drug-likeness (QED) is 0.620. The Bertz CT molecular complexity index is 606. The second kappa shape index (κ2) is 9.42. The second-order valence-electron chi connectivity index (χ2n) is 7.57. The highest BCUT2D eigenvalue weighted by atomic mass is 32.2. The van der Waals surface area contributed by atoms with E-state index in [4.69, 9.17) is 0 Å². The van der Waals surface area contributed by atoms with Crippen LogP contribution in [-0.2, 0) is 9.59 Å². The highest BCUT2D eigenvalue weighted by Gasteiger charge is 2.28. The number of hydrogen-bond donors (Lipinski definition) is 0. The summed E-state index contributed by atoms with van der Waals surface area (Å²) in [5.74, 6) is 0.920. The van der Waals surface area contributed by atoms with Crippen LogP contribution in [0.15, 0.2) is 23.1 Å². The van der Waals surface area contributed by atoms with Gasteiger partial charge >= 0.3 is 0 Å². The molecule has 4 heteroatoms. The summed E-state index contributed by atoms with van der Waals surface area (Å²) >= 11 is 1.23. The van der Waals surface area contributed by atoms with Gasteiger partial charge in [0.25, 0.3) is 0 Å². The molecule has 0 saturated heterocycles. The molecule has 1 fully saturated rings. The lowest BCUT2D eigenvalue weighted by Crippen LogP contribution is -2.38. The van der Waals surface area contributed by atoms with Crippen LogP contribution in [0.4, 0.5) is 5.69 Å². The Morgan fingerprint density at radius 2 is 1.88 bits per heavy atom. The summed E-state index contributed by atoms with van der Waals surface area (Å²) in [6.07, 6.45) is 6.51. The minimum atomic E-state index is 0.0547. The molecule has 3 nitrogen and oxygen atoms in total. The van der Waals surface area contributed by atoms with Crippen molar-refractivity contribution in [1.82, 2.24) is 0 Å². The fraction of sp³-hybridized carbons (Fsp3) is 0.619. The topological polar surface area (TPSA) is 37.4 Å². The zero-order valence-corrected chi connectivity index (χ0v) is 16.8. The summed E-state index contributed by atoms with van der Waals surface area (Å²) in [5, 5.41) is 0.0547. The van der Waals surface area contributed by atoms with Crippen molar-refractivity contribution in [3.63, 3.8) is 0 Å². The molecule has 25 heavy (non-hydrogen) atoms. The van der Waals surface area contributed by atoms with Crippen LogP contribution in [-0.4, -0.2) is 17.6 Å². The Morgan fingerprint density at radius 3 is 2.48 bits per heavy atom. The maximum Gasteiger partial charge on any atom is 0.230 e. The zero-order valence-electron chi connectivity index (χ0n) is 16.0. The molecule has 1 amide bonds. The largest absolute Gasteiger partial charge is 0.311 e. The van der Waals surface area contributed by atoms with Crippen LogP contribution in [0.5, 0.6) is 0 Å². The molecule has 0 aromatic heterocycles. The highest BCUT2D eigenvalue weighted by molar-refractivity contribution is 8.13. The van der Waals surface area contributed by atoms with E-state index in [1.165, 1.54) is 18.2 Å². The molecule has 0 unspecified atom stereocenters. The molecular weight excluding hydrogens is 330 g/mol. The summed E-state index contributed by atoms with van der Waals surface area (Å²) in [6, 6.07) is 6.06. The molecule has 0 aliphatic heterocycles. The standard InChI is InChI=1S/C21H31NO2S/c1-15(2)12-13-22(21(24)18-8-6-5-7-9-18)19-14-16(3)10-11-20(19)25-17(4)23/h10-11,14-15,18H,5-9,12-13H2,1-4H3. The minimum absolute atomic E-state index is 0.0547. The monoisotopic (exact) mass is 361 g/mol. The molecule has 1 aliphatic carbocycles. The van der Waals surface area contributed by atoms with E-state index >= 15 is 0 Å². The van der Waals surface area contributed by atoms with Crippen LogP contribution in [0, 0.1) is 18.8 Å². The molecule has 0 spiro atoms. The van der Waals surface area contributed by atoms with Crippen LogP contribution in [0.1, 0.15) is 64.9 Å². The smallest absolute Gasteiger partial charge is 0.230 e. The van der Waals surface area contributed by atoms with Gasteiger partial charge in [-0.3, -0.25) is 9.59 Å². The van der Waals surface area contributed by atoms with E-state index in [1.807, 2.05) is 24.0 Å². The number of rotatable bonds is 6. The summed E-state index contributed by atoms with van der Waals surface area (Å²) in [4.78, 5) is 27.8. The third-order valence-corrected chi connectivity index (χ3v) is 5.66. The van der Waals surface area contributed by atoms with Crippen molar-refractivity contribution in [1.29, 1.82) is 0 Å². The number of thioether (sulfide) groups is 1. The Hall–Kier alpha value is -1.29. The number of anilines is 1. The van der Waals surface area contributed by atoms with Gasteiger partial charge in [-0.25, -0.2) is 0 Å². The fourth-order valence-corrected chi connectivity index (χ4v) is 4.11. The van der Waals surface area contributed by atoms with Crippen LogP contribution in [0.25, 0.3) is 0 Å². The molecule has 2 rings (SSSR count). The predicted molar refractivity (Wildman–Crippen MR) is 106 cm³/mol. The molecule has 0 atom stereocenters. The van der Waals surface area contributed by atoms with Crippen molar-refractivity contribution >= 4 is 28.5 Å². The Balaban J connectivity index is 2.34. The molecule has 1 aromatic rings. The van der Waals surface area contributed by atoms with E-state index in [9.17, 15) is 9.59 Å². The highest BCUT2D eigenvalue weighted by Crippen LogP contribution is 2.35. The maximum atomic E-state index is 13.3. The molecule has 1 saturated carbocycles. The molecule has 1 aliphatic rings. The normalized spacial score (nSPS) is 15.4. The van der Waals surface area contributed by atoms with Gasteiger partial charge in [-0.05, 0) is 49.8 Å². The first kappa shape index (κ1) is 20.0. The molecule has 0 N–H and O–H groups in total. The molecule has 1 aromatic carbocycles. The molecule has 0 radical (unpaired) electrons. The van der Waals surface area contributed by atoms with Crippen molar-refractivity contribution in [2.45, 2.75) is 71.1 Å². The number of carbonyl (C=O) groups is 2. The fourth-order valence-electron chi connectivity index (χ4n) is 3.39. The van der Waals surface area contributed by atoms with Gasteiger partial charge in [0.1, 0.15) is 0 Å². The van der Waals surface area contributed by atoms with E-state index in [0.717, 1.165) is 54.8 Å². The third-order valence-electron chi connectivity index (χ3n) is 4.81. The SMILES string of the molecule is CC(=O)Sc1ccc(C)cc1N(CCC(C)C)C(=O)C1CCCCC1. The van der Waals surface area contributed by atoms with E-state index in [1.54, 1.807) is 6.92 Å². The van der Waals surface area contributed by atoms with E-state index in [0.29, 0.717) is 5.92 Å². The molecular formula is C21H31NO2S. The zero-order chi connectivity index (χ0) is 18.4. The number of aryl methyl sites for hydroxylation is 1.